The average molecular weight is 369 g/mol. The van der Waals surface area contributed by atoms with E-state index in [0.717, 1.165) is 22.3 Å². The van der Waals surface area contributed by atoms with E-state index in [1.165, 1.54) is 12.3 Å². The Morgan fingerprint density at radius 1 is 1.18 bits per heavy atom. The van der Waals surface area contributed by atoms with Gasteiger partial charge in [-0.05, 0) is 24.3 Å². The quantitative estimate of drug-likeness (QED) is 0.558. The lowest BCUT2D eigenvalue weighted by atomic mass is 10.0. The second-order valence-electron chi connectivity index (χ2n) is 6.13. The first kappa shape index (κ1) is 17.2. The Kier molecular flexibility index (Phi) is 4.18. The lowest BCUT2D eigenvalue weighted by Crippen LogP contribution is -2.08. The highest BCUT2D eigenvalue weighted by Crippen LogP contribution is 2.31. The average Bonchev–Trinajstić information content (AvgIpc) is 3.33. The Labute approximate surface area is 160 Å². The molecule has 0 aromatic carbocycles. The topological polar surface area (TPSA) is 101 Å². The van der Waals surface area contributed by atoms with Crippen LogP contribution in [0.4, 0.5) is 5.82 Å². The monoisotopic (exact) mass is 369 g/mol. The van der Waals surface area contributed by atoms with Gasteiger partial charge in [-0.2, -0.15) is 15.5 Å². The molecule has 0 aliphatic rings. The van der Waals surface area contributed by atoms with E-state index in [0.29, 0.717) is 16.9 Å². The second kappa shape index (κ2) is 6.81. The van der Waals surface area contributed by atoms with Crippen LogP contribution in [0, 0.1) is 11.3 Å². The van der Waals surface area contributed by atoms with E-state index in [1.807, 2.05) is 31.6 Å². The van der Waals surface area contributed by atoms with Crippen molar-refractivity contribution in [3.05, 3.63) is 67.4 Å². The number of aromatic nitrogens is 5. The lowest BCUT2D eigenvalue weighted by molar-refractivity contribution is -0.111. The van der Waals surface area contributed by atoms with Crippen molar-refractivity contribution in [2.45, 2.75) is 0 Å². The zero-order valence-electron chi connectivity index (χ0n) is 15.0. The number of hydrogen-bond donors (Lipinski definition) is 1. The van der Waals surface area contributed by atoms with Crippen LogP contribution >= 0.6 is 0 Å². The number of amides is 1. The number of fused-ring (bicyclic) bond motifs is 1. The Hall–Kier alpha value is -4.25. The number of anilines is 1. The molecule has 4 aromatic rings. The van der Waals surface area contributed by atoms with Crippen molar-refractivity contribution < 1.29 is 4.79 Å². The van der Waals surface area contributed by atoms with Gasteiger partial charge in [-0.15, -0.1) is 0 Å². The fraction of sp³-hybridized carbons (Fsp3) is 0.0500. The molecule has 0 aliphatic carbocycles. The molecule has 0 aliphatic heterocycles. The van der Waals surface area contributed by atoms with Gasteiger partial charge < -0.3 is 5.32 Å². The van der Waals surface area contributed by atoms with Gasteiger partial charge in [0.15, 0.2) is 0 Å². The fourth-order valence-corrected chi connectivity index (χ4v) is 2.96. The van der Waals surface area contributed by atoms with Gasteiger partial charge in [0.25, 0.3) is 0 Å². The SMILES string of the molecule is C=CC(=O)Nc1ccc(-c2cc(-c3cnn(C)c3)cn3ncc(C#N)c23)cn1. The van der Waals surface area contributed by atoms with Crippen molar-refractivity contribution >= 4 is 17.2 Å². The van der Waals surface area contributed by atoms with Crippen molar-refractivity contribution in [3.8, 4) is 28.3 Å². The fourth-order valence-electron chi connectivity index (χ4n) is 2.96. The first-order chi connectivity index (χ1) is 13.6. The van der Waals surface area contributed by atoms with Crippen LogP contribution in [0.1, 0.15) is 5.56 Å². The maximum atomic E-state index is 11.4. The zero-order valence-corrected chi connectivity index (χ0v) is 15.0. The Bertz CT molecular complexity index is 1240. The smallest absolute Gasteiger partial charge is 0.248 e. The summed E-state index contributed by atoms with van der Waals surface area (Å²) in [6.07, 6.45) is 9.91. The summed E-state index contributed by atoms with van der Waals surface area (Å²) in [5.41, 5.74) is 4.61. The summed E-state index contributed by atoms with van der Waals surface area (Å²) >= 11 is 0. The highest BCUT2D eigenvalue weighted by Gasteiger charge is 2.14. The van der Waals surface area contributed by atoms with Crippen molar-refractivity contribution in [1.29, 1.82) is 5.26 Å². The van der Waals surface area contributed by atoms with Gasteiger partial charge >= 0.3 is 0 Å². The normalized spacial score (nSPS) is 10.6. The van der Waals surface area contributed by atoms with Gasteiger partial charge in [0.2, 0.25) is 5.91 Å². The van der Waals surface area contributed by atoms with E-state index in [1.54, 1.807) is 27.7 Å². The number of carbonyl (C=O) groups excluding carboxylic acids is 1. The number of pyridine rings is 2. The number of hydrogen-bond acceptors (Lipinski definition) is 5. The molecule has 0 saturated heterocycles. The molecule has 0 spiro atoms. The minimum atomic E-state index is -0.330. The van der Waals surface area contributed by atoms with Crippen LogP contribution in [0.25, 0.3) is 27.8 Å². The summed E-state index contributed by atoms with van der Waals surface area (Å²) in [4.78, 5) is 15.7. The molecule has 4 rings (SSSR count). The maximum absolute atomic E-state index is 11.4. The minimum absolute atomic E-state index is 0.330. The molecule has 1 N–H and O–H groups in total. The van der Waals surface area contributed by atoms with Gasteiger partial charge in [0.1, 0.15) is 11.9 Å². The zero-order chi connectivity index (χ0) is 19.7. The van der Waals surface area contributed by atoms with E-state index < -0.39 is 0 Å². The molecule has 0 radical (unpaired) electrons. The molecule has 8 heteroatoms. The van der Waals surface area contributed by atoms with Gasteiger partial charge in [-0.25, -0.2) is 9.50 Å². The summed E-state index contributed by atoms with van der Waals surface area (Å²) in [5, 5.41) is 20.6. The predicted molar refractivity (Wildman–Crippen MR) is 104 cm³/mol. The number of nitrogens with zero attached hydrogens (tertiary/aromatic N) is 6. The molecule has 8 nitrogen and oxygen atoms in total. The highest BCUT2D eigenvalue weighted by molar-refractivity contribution is 5.98. The van der Waals surface area contributed by atoms with E-state index in [9.17, 15) is 10.1 Å². The molecule has 0 bridgehead atoms. The van der Waals surface area contributed by atoms with E-state index in [2.05, 4.69) is 33.1 Å². The Morgan fingerprint density at radius 3 is 2.68 bits per heavy atom. The summed E-state index contributed by atoms with van der Waals surface area (Å²) in [7, 11) is 1.85. The number of aryl methyl sites for hydroxylation is 1. The third-order valence-electron chi connectivity index (χ3n) is 4.28. The number of nitriles is 1. The van der Waals surface area contributed by atoms with Gasteiger partial charge in [0, 0.05) is 47.9 Å². The van der Waals surface area contributed by atoms with Crippen LogP contribution in [0.3, 0.4) is 0 Å². The van der Waals surface area contributed by atoms with Crippen molar-refractivity contribution in [2.24, 2.45) is 7.05 Å². The van der Waals surface area contributed by atoms with Crippen LogP contribution in [-0.4, -0.2) is 30.3 Å². The lowest BCUT2D eigenvalue weighted by Gasteiger charge is -2.09. The molecule has 28 heavy (non-hydrogen) atoms. The Balaban J connectivity index is 1.86. The molecule has 0 fully saturated rings. The third kappa shape index (κ3) is 3.01. The van der Waals surface area contributed by atoms with E-state index in [-0.39, 0.29) is 5.91 Å². The summed E-state index contributed by atoms with van der Waals surface area (Å²) < 4.78 is 3.41. The summed E-state index contributed by atoms with van der Waals surface area (Å²) in [6.45, 7) is 3.42. The first-order valence-corrected chi connectivity index (χ1v) is 8.39. The molecule has 4 heterocycles. The van der Waals surface area contributed by atoms with E-state index in [4.69, 9.17) is 0 Å². The van der Waals surface area contributed by atoms with Crippen LogP contribution in [0.15, 0.2) is 61.8 Å². The predicted octanol–water partition coefficient (Wildman–Crippen LogP) is 2.79. The first-order valence-electron chi connectivity index (χ1n) is 8.39. The van der Waals surface area contributed by atoms with Crippen molar-refractivity contribution in [1.82, 2.24) is 24.4 Å². The summed E-state index contributed by atoms with van der Waals surface area (Å²) in [5.74, 6) is 0.0888. The van der Waals surface area contributed by atoms with E-state index >= 15 is 0 Å². The van der Waals surface area contributed by atoms with Crippen molar-refractivity contribution in [2.75, 3.05) is 5.32 Å². The van der Waals surface area contributed by atoms with Gasteiger partial charge in [0.05, 0.1) is 23.5 Å². The largest absolute Gasteiger partial charge is 0.307 e. The van der Waals surface area contributed by atoms with Gasteiger partial charge in [-0.1, -0.05) is 6.58 Å². The van der Waals surface area contributed by atoms with Crippen LogP contribution in [-0.2, 0) is 11.8 Å². The molecular weight excluding hydrogens is 354 g/mol. The van der Waals surface area contributed by atoms with Crippen LogP contribution in [0.5, 0.6) is 0 Å². The molecule has 0 unspecified atom stereocenters. The molecule has 136 valence electrons. The number of nitrogens with one attached hydrogen (secondary N) is 1. The molecule has 1 amide bonds. The summed E-state index contributed by atoms with van der Waals surface area (Å²) in [6, 6.07) is 7.70. The second-order valence-corrected chi connectivity index (χ2v) is 6.13. The van der Waals surface area contributed by atoms with Crippen LogP contribution < -0.4 is 5.32 Å². The molecule has 4 aromatic heterocycles. The number of carbonyl (C=O) groups is 1. The number of rotatable bonds is 4. The Morgan fingerprint density at radius 2 is 2.04 bits per heavy atom. The molecular formula is C20H15N7O. The standard InChI is InChI=1S/C20H15N7O/c1-3-19(28)25-18-5-4-13(8-22-18)17-6-14(16-10-23-26(2)11-16)12-27-20(17)15(7-21)9-24-27/h3-6,8-12H,1H2,2H3,(H,22,25,28). The third-order valence-corrected chi connectivity index (χ3v) is 4.28. The van der Waals surface area contributed by atoms with Gasteiger partial charge in [-0.3, -0.25) is 9.48 Å². The maximum Gasteiger partial charge on any atom is 0.248 e. The minimum Gasteiger partial charge on any atom is -0.307 e. The van der Waals surface area contributed by atoms with Crippen molar-refractivity contribution in [3.63, 3.8) is 0 Å². The van der Waals surface area contributed by atoms with Crippen LogP contribution in [0.2, 0.25) is 0 Å². The molecule has 0 saturated carbocycles. The highest BCUT2D eigenvalue weighted by atomic mass is 16.1. The molecule has 0 atom stereocenters.